The van der Waals surface area contributed by atoms with Gasteiger partial charge >= 0.3 is 0 Å². The third-order valence-corrected chi connectivity index (χ3v) is 6.95. The molecule has 3 nitrogen and oxygen atoms in total. The lowest BCUT2D eigenvalue weighted by atomic mass is 10.3. The van der Waals surface area contributed by atoms with Crippen LogP contribution in [0, 0.1) is 0 Å². The van der Waals surface area contributed by atoms with E-state index in [2.05, 4.69) is 22.0 Å². The second-order valence-electron chi connectivity index (χ2n) is 4.23. The molecule has 1 aromatic carbocycles. The molecule has 0 aliphatic heterocycles. The summed E-state index contributed by atoms with van der Waals surface area (Å²) in [5.41, 5.74) is 5.84. The number of hydrogen-bond donors (Lipinski definition) is 1. The van der Waals surface area contributed by atoms with Crippen LogP contribution in [0.5, 0.6) is 0 Å². The molecule has 1 heterocycles. The van der Waals surface area contributed by atoms with Gasteiger partial charge < -0.3 is 5.73 Å². The molecule has 0 aliphatic carbocycles. The van der Waals surface area contributed by atoms with Gasteiger partial charge in [-0.2, -0.15) is 0 Å². The van der Waals surface area contributed by atoms with Gasteiger partial charge in [0.2, 0.25) is 0 Å². The minimum Gasteiger partial charge on any atom is -0.329 e. The van der Waals surface area contributed by atoms with Crippen LogP contribution in [0.25, 0.3) is 0 Å². The molecular weight excluding hydrogens is 378 g/mol. The summed E-state index contributed by atoms with van der Waals surface area (Å²) in [6, 6.07) is 11.0. The Morgan fingerprint density at radius 3 is 2.35 bits per heavy atom. The Labute approximate surface area is 135 Å². The monoisotopic (exact) mass is 391 g/mol. The Hall–Kier alpha value is -0.340. The van der Waals surface area contributed by atoms with Gasteiger partial charge in [-0.15, -0.1) is 23.1 Å². The van der Waals surface area contributed by atoms with Gasteiger partial charge in [0.25, 0.3) is 0 Å². The second-order valence-corrected chi connectivity index (χ2v) is 10.0. The molecule has 7 heteroatoms. The lowest BCUT2D eigenvalue weighted by Gasteiger charge is -2.12. The SMILES string of the molecule is CS(=O)(=O)c1ccc(SC(CN)c2ccc(Br)s2)cc1. The quantitative estimate of drug-likeness (QED) is 0.789. The lowest BCUT2D eigenvalue weighted by molar-refractivity contribution is 0.602. The van der Waals surface area contributed by atoms with Crippen LogP contribution in [0.2, 0.25) is 0 Å². The molecule has 2 rings (SSSR count). The average molecular weight is 392 g/mol. The molecule has 0 aliphatic rings. The van der Waals surface area contributed by atoms with Crippen molar-refractivity contribution in [2.24, 2.45) is 5.73 Å². The summed E-state index contributed by atoms with van der Waals surface area (Å²) in [5, 5.41) is 0.176. The summed E-state index contributed by atoms with van der Waals surface area (Å²) in [7, 11) is -3.14. The van der Waals surface area contributed by atoms with Gasteiger partial charge in [0.05, 0.1) is 13.9 Å². The highest BCUT2D eigenvalue weighted by Crippen LogP contribution is 2.39. The standard InChI is InChI=1S/C13H14BrNO2S3/c1-20(16,17)10-4-2-9(3-5-10)18-12(8-15)11-6-7-13(14)19-11/h2-7,12H,8,15H2,1H3. The van der Waals surface area contributed by atoms with Gasteiger partial charge in [-0.3, -0.25) is 0 Å². The van der Waals surface area contributed by atoms with Crippen LogP contribution in [0.15, 0.2) is 50.0 Å². The first kappa shape index (κ1) is 16.0. The Balaban J connectivity index is 2.16. The summed E-state index contributed by atoms with van der Waals surface area (Å²) in [6.07, 6.45) is 1.21. The normalized spacial score (nSPS) is 13.3. The van der Waals surface area contributed by atoms with Crippen molar-refractivity contribution in [3.05, 3.63) is 45.1 Å². The number of rotatable bonds is 5. The molecular formula is C13H14BrNO2S3. The number of nitrogens with two attached hydrogens (primary N) is 1. The zero-order chi connectivity index (χ0) is 14.8. The van der Waals surface area contributed by atoms with Crippen LogP contribution in [-0.4, -0.2) is 21.2 Å². The zero-order valence-corrected chi connectivity index (χ0v) is 14.8. The largest absolute Gasteiger partial charge is 0.329 e. The number of thioether (sulfide) groups is 1. The number of hydrogen-bond acceptors (Lipinski definition) is 5. The van der Waals surface area contributed by atoms with Crippen molar-refractivity contribution in [3.8, 4) is 0 Å². The van der Waals surface area contributed by atoms with Crippen molar-refractivity contribution < 1.29 is 8.42 Å². The highest BCUT2D eigenvalue weighted by atomic mass is 79.9. The van der Waals surface area contributed by atoms with Gasteiger partial charge in [-0.1, -0.05) is 0 Å². The molecule has 2 aromatic rings. The molecule has 2 N–H and O–H groups in total. The van der Waals surface area contributed by atoms with Crippen LogP contribution < -0.4 is 5.73 Å². The van der Waals surface area contributed by atoms with Crippen molar-refractivity contribution in [1.29, 1.82) is 0 Å². The van der Waals surface area contributed by atoms with Gasteiger partial charge in [-0.05, 0) is 52.3 Å². The van der Waals surface area contributed by atoms with E-state index in [1.807, 2.05) is 18.2 Å². The molecule has 108 valence electrons. The van der Waals surface area contributed by atoms with E-state index in [1.54, 1.807) is 35.2 Å². The second kappa shape index (κ2) is 6.62. The Morgan fingerprint density at radius 2 is 1.90 bits per heavy atom. The first-order valence-electron chi connectivity index (χ1n) is 5.82. The van der Waals surface area contributed by atoms with E-state index in [4.69, 9.17) is 5.73 Å². The van der Waals surface area contributed by atoms with Gasteiger partial charge in [0, 0.05) is 22.6 Å². The van der Waals surface area contributed by atoms with Crippen molar-refractivity contribution in [2.45, 2.75) is 15.0 Å². The number of thiophene rings is 1. The fourth-order valence-electron chi connectivity index (χ4n) is 1.65. The van der Waals surface area contributed by atoms with E-state index in [0.717, 1.165) is 8.68 Å². The molecule has 1 aromatic heterocycles. The molecule has 1 unspecified atom stereocenters. The minimum absolute atomic E-state index is 0.176. The highest BCUT2D eigenvalue weighted by Gasteiger charge is 2.14. The van der Waals surface area contributed by atoms with Crippen LogP contribution in [0.4, 0.5) is 0 Å². The summed E-state index contributed by atoms with van der Waals surface area (Å²) in [4.78, 5) is 2.55. The first-order chi connectivity index (χ1) is 9.40. The maximum Gasteiger partial charge on any atom is 0.175 e. The Kier molecular flexibility index (Phi) is 5.30. The van der Waals surface area contributed by atoms with E-state index >= 15 is 0 Å². The third kappa shape index (κ3) is 4.08. The molecule has 0 radical (unpaired) electrons. The zero-order valence-electron chi connectivity index (χ0n) is 10.7. The highest BCUT2D eigenvalue weighted by molar-refractivity contribution is 9.11. The predicted octanol–water partition coefficient (Wildman–Crippen LogP) is 3.71. The third-order valence-electron chi connectivity index (χ3n) is 2.66. The molecule has 0 amide bonds. The van der Waals surface area contributed by atoms with Gasteiger partial charge in [0.15, 0.2) is 9.84 Å². The molecule has 0 saturated heterocycles. The van der Waals surface area contributed by atoms with E-state index in [9.17, 15) is 8.42 Å². The Bertz CT molecular complexity index is 680. The maximum atomic E-state index is 11.4. The summed E-state index contributed by atoms with van der Waals surface area (Å²) >= 11 is 6.76. The fraction of sp³-hybridized carbons (Fsp3) is 0.231. The summed E-state index contributed by atoms with van der Waals surface area (Å²) < 4.78 is 23.9. The molecule has 0 bridgehead atoms. The minimum atomic E-state index is -3.14. The summed E-state index contributed by atoms with van der Waals surface area (Å²) in [5.74, 6) is 0. The van der Waals surface area contributed by atoms with Crippen LogP contribution in [-0.2, 0) is 9.84 Å². The molecule has 0 spiro atoms. The number of halogens is 1. The summed E-state index contributed by atoms with van der Waals surface area (Å²) in [6.45, 7) is 0.533. The predicted molar refractivity (Wildman–Crippen MR) is 89.2 cm³/mol. The maximum absolute atomic E-state index is 11.4. The van der Waals surface area contributed by atoms with E-state index in [1.165, 1.54) is 11.1 Å². The lowest BCUT2D eigenvalue weighted by Crippen LogP contribution is -2.07. The van der Waals surface area contributed by atoms with Crippen molar-refractivity contribution in [1.82, 2.24) is 0 Å². The van der Waals surface area contributed by atoms with Crippen LogP contribution in [0.1, 0.15) is 10.1 Å². The smallest absolute Gasteiger partial charge is 0.175 e. The van der Waals surface area contributed by atoms with Crippen molar-refractivity contribution in [3.63, 3.8) is 0 Å². The number of sulfone groups is 1. The average Bonchev–Trinajstić information content (AvgIpc) is 2.82. The first-order valence-corrected chi connectivity index (χ1v) is 10.2. The molecule has 0 fully saturated rings. The van der Waals surface area contributed by atoms with Crippen molar-refractivity contribution in [2.75, 3.05) is 12.8 Å². The van der Waals surface area contributed by atoms with Crippen LogP contribution >= 0.6 is 39.0 Å². The number of benzene rings is 1. The van der Waals surface area contributed by atoms with Crippen molar-refractivity contribution >= 4 is 48.9 Å². The van der Waals surface area contributed by atoms with Gasteiger partial charge in [-0.25, -0.2) is 8.42 Å². The molecule has 20 heavy (non-hydrogen) atoms. The van der Waals surface area contributed by atoms with E-state index < -0.39 is 9.84 Å². The Morgan fingerprint density at radius 1 is 1.25 bits per heavy atom. The van der Waals surface area contributed by atoms with E-state index in [-0.39, 0.29) is 5.25 Å². The molecule has 0 saturated carbocycles. The topological polar surface area (TPSA) is 60.2 Å². The molecule has 1 atom stereocenters. The van der Waals surface area contributed by atoms with Crippen LogP contribution in [0.3, 0.4) is 0 Å². The van der Waals surface area contributed by atoms with E-state index in [0.29, 0.717) is 11.4 Å². The van der Waals surface area contributed by atoms with Gasteiger partial charge in [0.1, 0.15) is 0 Å². The fourth-order valence-corrected chi connectivity index (χ4v) is 4.90.